The number of hydrogen-bond acceptors (Lipinski definition) is 8. The van der Waals surface area contributed by atoms with Crippen molar-refractivity contribution in [3.8, 4) is 11.6 Å². The zero-order valence-corrected chi connectivity index (χ0v) is 17.0. The van der Waals surface area contributed by atoms with Gasteiger partial charge < -0.3 is 18.7 Å². The first-order valence-corrected chi connectivity index (χ1v) is 10.1. The van der Waals surface area contributed by atoms with Crippen molar-refractivity contribution in [2.45, 2.75) is 19.4 Å². The highest BCUT2D eigenvalue weighted by Gasteiger charge is 2.39. The van der Waals surface area contributed by atoms with Crippen molar-refractivity contribution in [3.05, 3.63) is 77.8 Å². The monoisotopic (exact) mass is 427 g/mol. The number of furan rings is 1. The highest BCUT2D eigenvalue weighted by molar-refractivity contribution is 5.91. The van der Waals surface area contributed by atoms with E-state index in [1.807, 2.05) is 31.2 Å². The molecule has 0 bridgehead atoms. The molecule has 5 aromatic rings. The average molecular weight is 427 g/mol. The zero-order chi connectivity index (χ0) is 21.7. The summed E-state index contributed by atoms with van der Waals surface area (Å²) in [4.78, 5) is 31.0. The van der Waals surface area contributed by atoms with Gasteiger partial charge in [-0.25, -0.2) is 9.97 Å². The first-order valence-electron chi connectivity index (χ1n) is 10.1. The van der Waals surface area contributed by atoms with E-state index in [1.165, 1.54) is 12.4 Å². The summed E-state index contributed by atoms with van der Waals surface area (Å²) < 4.78 is 11.9. The van der Waals surface area contributed by atoms with Crippen molar-refractivity contribution in [2.75, 3.05) is 6.54 Å². The van der Waals surface area contributed by atoms with Crippen LogP contribution in [-0.2, 0) is 6.42 Å². The molecule has 1 atom stereocenters. The summed E-state index contributed by atoms with van der Waals surface area (Å²) in [5.74, 6) is 0.284. The van der Waals surface area contributed by atoms with Crippen molar-refractivity contribution in [2.24, 2.45) is 0 Å². The maximum Gasteiger partial charge on any atom is 0.312 e. The minimum absolute atomic E-state index is 0.122. The van der Waals surface area contributed by atoms with Gasteiger partial charge in [0.25, 0.3) is 5.89 Å². The number of imidazole rings is 1. The Morgan fingerprint density at radius 2 is 2.06 bits per heavy atom. The van der Waals surface area contributed by atoms with E-state index in [9.17, 15) is 4.79 Å². The van der Waals surface area contributed by atoms with E-state index in [2.05, 4.69) is 30.1 Å². The topological polar surface area (TPSA) is 127 Å². The smallest absolute Gasteiger partial charge is 0.312 e. The van der Waals surface area contributed by atoms with Gasteiger partial charge in [-0.05, 0) is 13.0 Å². The summed E-state index contributed by atoms with van der Waals surface area (Å²) in [7, 11) is 0. The third kappa shape index (κ3) is 2.80. The van der Waals surface area contributed by atoms with Gasteiger partial charge >= 0.3 is 11.8 Å². The Hall–Kier alpha value is -4.34. The molecule has 0 aliphatic carbocycles. The van der Waals surface area contributed by atoms with Crippen LogP contribution in [0.5, 0.6) is 0 Å². The maximum absolute atomic E-state index is 13.5. The summed E-state index contributed by atoms with van der Waals surface area (Å²) in [6.45, 7) is 2.43. The number of fused-ring (bicyclic) bond motifs is 2. The third-order valence-corrected chi connectivity index (χ3v) is 5.71. The van der Waals surface area contributed by atoms with Crippen LogP contribution in [0.25, 0.3) is 22.6 Å². The van der Waals surface area contributed by atoms with Crippen LogP contribution in [0, 0.1) is 6.92 Å². The predicted molar refractivity (Wildman–Crippen MR) is 111 cm³/mol. The fourth-order valence-electron chi connectivity index (χ4n) is 4.16. The fraction of sp³-hybridized carbons (Fsp3) is 0.182. The van der Waals surface area contributed by atoms with E-state index >= 15 is 0 Å². The molecule has 1 aliphatic rings. The molecule has 158 valence electrons. The standard InChI is InChI=1S/C22H17N7O3/c1-12-13-4-2-3-5-16(13)31-19(12)18-17-14(25-11-26-17)6-9-29(18)22(30)21-28-27-20(32-21)15-10-23-7-8-24-15/h2-5,7-8,10-11,18H,6,9H2,1H3,(H,25,26)/t18-/m0/s1. The van der Waals surface area contributed by atoms with Gasteiger partial charge in [0.2, 0.25) is 0 Å². The molecule has 1 N–H and O–H groups in total. The Morgan fingerprint density at radius 1 is 1.16 bits per heavy atom. The lowest BCUT2D eigenvalue weighted by Crippen LogP contribution is -2.41. The van der Waals surface area contributed by atoms with Crippen LogP contribution in [0.1, 0.15) is 39.4 Å². The Bertz CT molecular complexity index is 1440. The number of benzene rings is 1. The number of nitrogens with one attached hydrogen (secondary N) is 1. The molecule has 1 amide bonds. The van der Waals surface area contributed by atoms with Crippen LogP contribution in [0.3, 0.4) is 0 Å². The van der Waals surface area contributed by atoms with Crippen LogP contribution < -0.4 is 0 Å². The summed E-state index contributed by atoms with van der Waals surface area (Å²) in [6, 6.07) is 7.29. The lowest BCUT2D eigenvalue weighted by molar-refractivity contribution is 0.0632. The van der Waals surface area contributed by atoms with Gasteiger partial charge in [0, 0.05) is 42.0 Å². The van der Waals surface area contributed by atoms with Gasteiger partial charge in [0.05, 0.1) is 18.2 Å². The van der Waals surface area contributed by atoms with Gasteiger partial charge in [-0.15, -0.1) is 10.2 Å². The molecule has 0 saturated carbocycles. The first kappa shape index (κ1) is 18.4. The number of aromatic amines is 1. The molecule has 32 heavy (non-hydrogen) atoms. The van der Waals surface area contributed by atoms with E-state index in [1.54, 1.807) is 17.4 Å². The number of rotatable bonds is 3. The van der Waals surface area contributed by atoms with E-state index in [-0.39, 0.29) is 11.8 Å². The second-order valence-corrected chi connectivity index (χ2v) is 7.51. The van der Waals surface area contributed by atoms with Crippen LogP contribution in [0.15, 0.2) is 58.0 Å². The Balaban J connectivity index is 1.43. The molecule has 10 nitrogen and oxygen atoms in total. The first-order chi connectivity index (χ1) is 15.7. The van der Waals surface area contributed by atoms with Gasteiger partial charge in [0.1, 0.15) is 23.1 Å². The number of para-hydroxylation sites is 1. The minimum Gasteiger partial charge on any atom is -0.458 e. The summed E-state index contributed by atoms with van der Waals surface area (Å²) >= 11 is 0. The van der Waals surface area contributed by atoms with Crippen LogP contribution >= 0.6 is 0 Å². The second-order valence-electron chi connectivity index (χ2n) is 7.51. The molecule has 0 radical (unpaired) electrons. The molecule has 0 unspecified atom stereocenters. The van der Waals surface area contributed by atoms with Gasteiger partial charge in [-0.1, -0.05) is 18.2 Å². The molecule has 5 heterocycles. The maximum atomic E-state index is 13.5. The van der Waals surface area contributed by atoms with Gasteiger partial charge in [-0.3, -0.25) is 9.78 Å². The van der Waals surface area contributed by atoms with Gasteiger partial charge in [-0.2, -0.15) is 0 Å². The number of nitrogens with zero attached hydrogens (tertiary/aromatic N) is 6. The number of hydrogen-bond donors (Lipinski definition) is 1. The number of aromatic nitrogens is 6. The molecule has 0 fully saturated rings. The van der Waals surface area contributed by atoms with Crippen molar-refractivity contribution < 1.29 is 13.6 Å². The zero-order valence-electron chi connectivity index (χ0n) is 17.0. The Labute approximate surface area is 181 Å². The lowest BCUT2D eigenvalue weighted by Gasteiger charge is -2.33. The van der Waals surface area contributed by atoms with Crippen LogP contribution in [0.4, 0.5) is 0 Å². The van der Waals surface area contributed by atoms with Crippen LogP contribution in [0.2, 0.25) is 0 Å². The minimum atomic E-state index is -0.517. The second kappa shape index (κ2) is 7.12. The van der Waals surface area contributed by atoms with Crippen molar-refractivity contribution >= 4 is 16.9 Å². The summed E-state index contributed by atoms with van der Waals surface area (Å²) in [5, 5.41) is 8.95. The third-order valence-electron chi connectivity index (χ3n) is 5.71. The van der Waals surface area contributed by atoms with Crippen LogP contribution in [-0.4, -0.2) is 47.5 Å². The van der Waals surface area contributed by atoms with Crippen molar-refractivity contribution in [1.29, 1.82) is 0 Å². The Kier molecular flexibility index (Phi) is 4.10. The summed E-state index contributed by atoms with van der Waals surface area (Å²) in [5.41, 5.74) is 3.85. The van der Waals surface area contributed by atoms with E-state index < -0.39 is 11.9 Å². The number of carbonyl (C=O) groups excluding carboxylic acids is 1. The number of amides is 1. The molecule has 10 heteroatoms. The highest BCUT2D eigenvalue weighted by atomic mass is 16.4. The predicted octanol–water partition coefficient (Wildman–Crippen LogP) is 3.09. The fourth-order valence-corrected chi connectivity index (χ4v) is 4.16. The SMILES string of the molecule is Cc1c([C@@H]2c3nc[nH]c3CCN2C(=O)c2nnc(-c3cnccn3)o2)oc2ccccc12. The van der Waals surface area contributed by atoms with E-state index in [0.29, 0.717) is 24.4 Å². The van der Waals surface area contributed by atoms with E-state index in [0.717, 1.165) is 27.9 Å². The average Bonchev–Trinajstić information content (AvgIpc) is 3.58. The molecule has 6 rings (SSSR count). The van der Waals surface area contributed by atoms with Crippen molar-refractivity contribution in [1.82, 2.24) is 35.0 Å². The van der Waals surface area contributed by atoms with E-state index in [4.69, 9.17) is 8.83 Å². The number of H-pyrrole nitrogens is 1. The molecular formula is C22H17N7O3. The number of aryl methyl sites for hydroxylation is 1. The molecule has 1 aliphatic heterocycles. The molecule has 4 aromatic heterocycles. The normalized spacial score (nSPS) is 15.8. The molecule has 0 spiro atoms. The largest absolute Gasteiger partial charge is 0.458 e. The number of carbonyl (C=O) groups is 1. The molecule has 0 saturated heterocycles. The summed E-state index contributed by atoms with van der Waals surface area (Å²) in [6.07, 6.45) is 6.83. The molecular weight excluding hydrogens is 410 g/mol. The lowest BCUT2D eigenvalue weighted by atomic mass is 9.97. The highest BCUT2D eigenvalue weighted by Crippen LogP contribution is 2.39. The quantitative estimate of drug-likeness (QED) is 0.465. The van der Waals surface area contributed by atoms with Gasteiger partial charge in [0.15, 0.2) is 0 Å². The Morgan fingerprint density at radius 3 is 2.91 bits per heavy atom. The molecule has 1 aromatic carbocycles. The van der Waals surface area contributed by atoms with Crippen molar-refractivity contribution in [3.63, 3.8) is 0 Å².